The fourth-order valence-electron chi connectivity index (χ4n) is 4.07. The van der Waals surface area contributed by atoms with Gasteiger partial charge >= 0.3 is 5.97 Å². The smallest absolute Gasteiger partial charge is 0.325 e. The van der Waals surface area contributed by atoms with E-state index in [1.165, 1.54) is 18.1 Å². The van der Waals surface area contributed by atoms with Crippen LogP contribution in [0.15, 0.2) is 24.3 Å². The normalized spacial score (nSPS) is 22.4. The Labute approximate surface area is 179 Å². The molecule has 1 unspecified atom stereocenters. The molecule has 1 aliphatic carbocycles. The van der Waals surface area contributed by atoms with Crippen molar-refractivity contribution in [2.24, 2.45) is 0 Å². The highest BCUT2D eigenvalue weighted by Crippen LogP contribution is 2.35. The van der Waals surface area contributed by atoms with Crippen molar-refractivity contribution in [2.45, 2.75) is 76.4 Å². The van der Waals surface area contributed by atoms with E-state index >= 15 is 0 Å². The van der Waals surface area contributed by atoms with Crippen molar-refractivity contribution in [2.75, 3.05) is 14.1 Å². The molecule has 30 heavy (non-hydrogen) atoms. The number of benzene rings is 1. The number of rotatable bonds is 9. The number of aryl methyl sites for hydroxylation is 1. The van der Waals surface area contributed by atoms with Crippen LogP contribution in [0, 0.1) is 6.92 Å². The standard InChI is InChI=1S/C23H35N3O4/c1-16-5-7-18(8-6-16)15-23(26(3)4)13-11-19(12-14-23)25-21(28)10-9-20(27)24-17(2)22(29)30/h5-8,17,19H,9-15H2,1-4H3,(H,24,27)(H,25,28)(H,29,30). The summed E-state index contributed by atoms with van der Waals surface area (Å²) in [6, 6.07) is 7.86. The number of hydrogen-bond donors (Lipinski definition) is 3. The maximum atomic E-state index is 12.2. The van der Waals surface area contributed by atoms with Gasteiger partial charge in [-0.25, -0.2) is 0 Å². The Bertz CT molecular complexity index is 737. The van der Waals surface area contributed by atoms with Crippen molar-refractivity contribution in [3.63, 3.8) is 0 Å². The number of carbonyl (C=O) groups excluding carboxylic acids is 2. The first-order chi connectivity index (χ1) is 14.1. The number of amides is 2. The van der Waals surface area contributed by atoms with E-state index in [9.17, 15) is 14.4 Å². The van der Waals surface area contributed by atoms with Gasteiger partial charge in [0.15, 0.2) is 0 Å². The van der Waals surface area contributed by atoms with Crippen molar-refractivity contribution in [1.82, 2.24) is 15.5 Å². The lowest BCUT2D eigenvalue weighted by molar-refractivity contribution is -0.141. The maximum absolute atomic E-state index is 12.2. The molecule has 3 N–H and O–H groups in total. The summed E-state index contributed by atoms with van der Waals surface area (Å²) in [7, 11) is 4.26. The van der Waals surface area contributed by atoms with Crippen LogP contribution in [0.25, 0.3) is 0 Å². The van der Waals surface area contributed by atoms with Crippen LogP contribution in [-0.4, -0.2) is 59.5 Å². The molecule has 1 aromatic carbocycles. The lowest BCUT2D eigenvalue weighted by Gasteiger charge is -2.45. The second-order valence-corrected chi connectivity index (χ2v) is 8.75. The van der Waals surface area contributed by atoms with Crippen LogP contribution in [-0.2, 0) is 20.8 Å². The summed E-state index contributed by atoms with van der Waals surface area (Å²) in [5.74, 6) is -1.67. The lowest BCUT2D eigenvalue weighted by atomic mass is 9.74. The van der Waals surface area contributed by atoms with Crippen molar-refractivity contribution in [1.29, 1.82) is 0 Å². The van der Waals surface area contributed by atoms with Crippen LogP contribution in [0.2, 0.25) is 0 Å². The molecule has 0 saturated heterocycles. The number of hydrogen-bond acceptors (Lipinski definition) is 4. The number of carboxylic acids is 1. The van der Waals surface area contributed by atoms with Crippen LogP contribution < -0.4 is 10.6 Å². The molecule has 7 nitrogen and oxygen atoms in total. The van der Waals surface area contributed by atoms with Crippen molar-refractivity contribution < 1.29 is 19.5 Å². The third kappa shape index (κ3) is 6.83. The van der Waals surface area contributed by atoms with Gasteiger partial charge in [-0.1, -0.05) is 29.8 Å². The van der Waals surface area contributed by atoms with Crippen LogP contribution in [0.1, 0.15) is 56.6 Å². The summed E-state index contributed by atoms with van der Waals surface area (Å²) >= 11 is 0. The summed E-state index contributed by atoms with van der Waals surface area (Å²) in [6.45, 7) is 3.49. The molecular formula is C23H35N3O4. The molecule has 1 fully saturated rings. The van der Waals surface area contributed by atoms with E-state index in [0.29, 0.717) is 0 Å². The molecule has 2 rings (SSSR count). The number of nitrogens with zero attached hydrogens (tertiary/aromatic N) is 1. The highest BCUT2D eigenvalue weighted by atomic mass is 16.4. The third-order valence-corrected chi connectivity index (χ3v) is 6.21. The fourth-order valence-corrected chi connectivity index (χ4v) is 4.07. The molecule has 166 valence electrons. The predicted octanol–water partition coefficient (Wildman–Crippen LogP) is 2.27. The van der Waals surface area contributed by atoms with E-state index in [1.807, 2.05) is 0 Å². The van der Waals surface area contributed by atoms with E-state index in [2.05, 4.69) is 60.8 Å². The Morgan fingerprint density at radius 3 is 2.20 bits per heavy atom. The number of nitrogens with one attached hydrogen (secondary N) is 2. The molecule has 2 amide bonds. The SMILES string of the molecule is Cc1ccc(CC2(N(C)C)CCC(NC(=O)CCC(=O)NC(C)C(=O)O)CC2)cc1. The zero-order valence-corrected chi connectivity index (χ0v) is 18.5. The molecule has 0 spiro atoms. The summed E-state index contributed by atoms with van der Waals surface area (Å²) in [4.78, 5) is 37.1. The Hall–Kier alpha value is -2.41. The molecule has 1 saturated carbocycles. The minimum Gasteiger partial charge on any atom is -0.480 e. The van der Waals surface area contributed by atoms with Crippen molar-refractivity contribution >= 4 is 17.8 Å². The van der Waals surface area contributed by atoms with Crippen LogP contribution in [0.3, 0.4) is 0 Å². The van der Waals surface area contributed by atoms with Crippen LogP contribution in [0.4, 0.5) is 0 Å². The molecule has 0 radical (unpaired) electrons. The molecule has 7 heteroatoms. The summed E-state index contributed by atoms with van der Waals surface area (Å²) in [5.41, 5.74) is 2.68. The minimum absolute atomic E-state index is 0.00870. The first kappa shape index (κ1) is 23.9. The van der Waals surface area contributed by atoms with Crippen LogP contribution >= 0.6 is 0 Å². The van der Waals surface area contributed by atoms with Gasteiger partial charge in [0.05, 0.1) is 0 Å². The van der Waals surface area contributed by atoms with Crippen molar-refractivity contribution in [3.05, 3.63) is 35.4 Å². The number of aliphatic carboxylic acids is 1. The highest BCUT2D eigenvalue weighted by Gasteiger charge is 2.37. The third-order valence-electron chi connectivity index (χ3n) is 6.21. The summed E-state index contributed by atoms with van der Waals surface area (Å²) in [5, 5.41) is 14.2. The Morgan fingerprint density at radius 1 is 1.10 bits per heavy atom. The Balaban J connectivity index is 1.81. The van der Waals surface area contributed by atoms with Gasteiger partial charge in [0.25, 0.3) is 0 Å². The van der Waals surface area contributed by atoms with Gasteiger partial charge in [-0.05, 0) is 65.6 Å². The van der Waals surface area contributed by atoms with Gasteiger partial charge in [-0.2, -0.15) is 0 Å². The van der Waals surface area contributed by atoms with E-state index in [4.69, 9.17) is 5.11 Å². The molecule has 0 bridgehead atoms. The van der Waals surface area contributed by atoms with Gasteiger partial charge in [-0.3, -0.25) is 14.4 Å². The zero-order chi connectivity index (χ0) is 22.3. The fraction of sp³-hybridized carbons (Fsp3) is 0.609. The first-order valence-corrected chi connectivity index (χ1v) is 10.7. The van der Waals surface area contributed by atoms with Gasteiger partial charge in [0.2, 0.25) is 11.8 Å². The largest absolute Gasteiger partial charge is 0.480 e. The second-order valence-electron chi connectivity index (χ2n) is 8.75. The van der Waals surface area contributed by atoms with Gasteiger partial charge < -0.3 is 20.6 Å². The quantitative estimate of drug-likeness (QED) is 0.572. The number of likely N-dealkylation sites (N-methyl/N-ethyl adjacent to an activating group) is 1. The molecular weight excluding hydrogens is 382 g/mol. The van der Waals surface area contributed by atoms with Crippen LogP contribution in [0.5, 0.6) is 0 Å². The number of carboxylic acid groups (broad SMARTS) is 1. The molecule has 1 atom stereocenters. The van der Waals surface area contributed by atoms with Gasteiger partial charge in [-0.15, -0.1) is 0 Å². The topological polar surface area (TPSA) is 98.7 Å². The van der Waals surface area contributed by atoms with Crippen molar-refractivity contribution in [3.8, 4) is 0 Å². The molecule has 1 aliphatic rings. The van der Waals surface area contributed by atoms with Gasteiger partial charge in [0, 0.05) is 24.4 Å². The Kier molecular flexibility index (Phi) is 8.41. The van der Waals surface area contributed by atoms with E-state index in [1.54, 1.807) is 0 Å². The molecule has 0 heterocycles. The first-order valence-electron chi connectivity index (χ1n) is 10.7. The van der Waals surface area contributed by atoms with E-state index < -0.39 is 17.9 Å². The monoisotopic (exact) mass is 417 g/mol. The number of carbonyl (C=O) groups is 3. The Morgan fingerprint density at radius 2 is 1.67 bits per heavy atom. The summed E-state index contributed by atoms with van der Waals surface area (Å²) in [6.07, 6.45) is 4.84. The minimum atomic E-state index is -1.09. The van der Waals surface area contributed by atoms with Gasteiger partial charge in [0.1, 0.15) is 6.04 Å². The predicted molar refractivity (Wildman–Crippen MR) is 116 cm³/mol. The highest BCUT2D eigenvalue weighted by molar-refractivity contribution is 5.86. The van der Waals surface area contributed by atoms with E-state index in [0.717, 1.165) is 32.1 Å². The lowest BCUT2D eigenvalue weighted by Crippen LogP contribution is -2.52. The zero-order valence-electron chi connectivity index (χ0n) is 18.5. The summed E-state index contributed by atoms with van der Waals surface area (Å²) < 4.78 is 0. The molecule has 0 aromatic heterocycles. The second kappa shape index (κ2) is 10.6. The maximum Gasteiger partial charge on any atom is 0.325 e. The average Bonchev–Trinajstić information content (AvgIpc) is 2.69. The average molecular weight is 418 g/mol. The van der Waals surface area contributed by atoms with E-state index in [-0.39, 0.29) is 30.3 Å². The molecule has 0 aliphatic heterocycles. The molecule has 1 aromatic rings.